The van der Waals surface area contributed by atoms with Crippen molar-refractivity contribution in [3.8, 4) is 11.8 Å². The zero-order valence-corrected chi connectivity index (χ0v) is 11.0. The molecule has 1 fully saturated rings. The largest absolute Gasteiger partial charge is 0.374 e. The smallest absolute Gasteiger partial charge is 0.254 e. The first-order valence-electron chi connectivity index (χ1n) is 6.77. The minimum absolute atomic E-state index is 0.534. The minimum Gasteiger partial charge on any atom is -0.374 e. The van der Waals surface area contributed by atoms with Crippen LogP contribution in [0.3, 0.4) is 0 Å². The molecule has 0 spiro atoms. The number of hydrogen-bond acceptors (Lipinski definition) is 1. The van der Waals surface area contributed by atoms with Crippen molar-refractivity contribution in [2.75, 3.05) is 18.5 Å². The van der Waals surface area contributed by atoms with Crippen LogP contribution < -0.4 is 4.90 Å². The van der Waals surface area contributed by atoms with E-state index in [4.69, 9.17) is 0 Å². The Morgan fingerprint density at radius 1 is 1.32 bits per heavy atom. The van der Waals surface area contributed by atoms with Crippen LogP contribution in [-0.2, 0) is 6.42 Å². The molecule has 0 radical (unpaired) electrons. The second-order valence-corrected chi connectivity index (χ2v) is 5.54. The number of benzene rings is 1. The van der Waals surface area contributed by atoms with Crippen molar-refractivity contribution in [3.63, 3.8) is 0 Å². The van der Waals surface area contributed by atoms with E-state index in [9.17, 15) is 8.78 Å². The number of alkyl halides is 2. The van der Waals surface area contributed by atoms with E-state index in [2.05, 4.69) is 29.9 Å². The monoisotopic (exact) mass is 261 g/mol. The SMILES string of the molecule is CN1CCCc2c(C#CC3(C(F)F)CC3)cccc21. The highest BCUT2D eigenvalue weighted by molar-refractivity contribution is 5.62. The lowest BCUT2D eigenvalue weighted by Gasteiger charge is -2.28. The summed E-state index contributed by atoms with van der Waals surface area (Å²) in [4.78, 5) is 2.21. The van der Waals surface area contributed by atoms with Gasteiger partial charge in [-0.25, -0.2) is 8.78 Å². The van der Waals surface area contributed by atoms with Crippen molar-refractivity contribution in [2.24, 2.45) is 5.41 Å². The zero-order chi connectivity index (χ0) is 13.5. The molecule has 100 valence electrons. The first kappa shape index (κ1) is 12.5. The number of rotatable bonds is 1. The zero-order valence-electron chi connectivity index (χ0n) is 11.0. The van der Waals surface area contributed by atoms with Crippen LogP contribution in [0.5, 0.6) is 0 Å². The van der Waals surface area contributed by atoms with Crippen molar-refractivity contribution >= 4 is 5.69 Å². The fourth-order valence-electron chi connectivity index (χ4n) is 2.65. The Balaban J connectivity index is 1.95. The summed E-state index contributed by atoms with van der Waals surface area (Å²) in [6.45, 7) is 1.05. The Kier molecular flexibility index (Phi) is 2.97. The standard InChI is InChI=1S/C16H17F2N/c1-19-11-3-5-13-12(4-2-6-14(13)19)7-8-16(9-10-16)15(17)18/h2,4,6,15H,3,5,9-11H2,1H3. The van der Waals surface area contributed by atoms with Gasteiger partial charge in [0.25, 0.3) is 6.43 Å². The third-order valence-electron chi connectivity index (χ3n) is 4.14. The van der Waals surface area contributed by atoms with E-state index in [0.29, 0.717) is 12.8 Å². The molecule has 0 atom stereocenters. The first-order chi connectivity index (χ1) is 9.12. The lowest BCUT2D eigenvalue weighted by atomic mass is 9.96. The predicted octanol–water partition coefficient (Wildman–Crippen LogP) is 3.47. The number of anilines is 1. The summed E-state index contributed by atoms with van der Waals surface area (Å²) in [5.41, 5.74) is 2.33. The van der Waals surface area contributed by atoms with Crippen molar-refractivity contribution in [2.45, 2.75) is 32.1 Å². The van der Waals surface area contributed by atoms with E-state index < -0.39 is 11.8 Å². The van der Waals surface area contributed by atoms with E-state index in [0.717, 1.165) is 24.9 Å². The van der Waals surface area contributed by atoms with Gasteiger partial charge in [0.05, 0.1) is 5.41 Å². The average Bonchev–Trinajstić information content (AvgIpc) is 3.18. The number of halogens is 2. The molecule has 0 aromatic heterocycles. The highest BCUT2D eigenvalue weighted by atomic mass is 19.3. The molecule has 3 heteroatoms. The van der Waals surface area contributed by atoms with Gasteiger partial charge in [0.1, 0.15) is 0 Å². The second kappa shape index (κ2) is 4.52. The highest BCUT2D eigenvalue weighted by Crippen LogP contribution is 2.50. The topological polar surface area (TPSA) is 3.24 Å². The number of nitrogens with zero attached hydrogens (tertiary/aromatic N) is 1. The van der Waals surface area contributed by atoms with Crippen LogP contribution in [0.2, 0.25) is 0 Å². The molecule has 0 bridgehead atoms. The van der Waals surface area contributed by atoms with Gasteiger partial charge in [0.2, 0.25) is 0 Å². The van der Waals surface area contributed by atoms with Gasteiger partial charge in [-0.2, -0.15) is 0 Å². The van der Waals surface area contributed by atoms with Crippen LogP contribution in [0.1, 0.15) is 30.4 Å². The van der Waals surface area contributed by atoms with Crippen molar-refractivity contribution in [1.82, 2.24) is 0 Å². The summed E-state index contributed by atoms with van der Waals surface area (Å²) in [5, 5.41) is 0. The molecule has 2 aliphatic rings. The number of hydrogen-bond donors (Lipinski definition) is 0. The van der Waals surface area contributed by atoms with Crippen LogP contribution >= 0.6 is 0 Å². The van der Waals surface area contributed by atoms with E-state index >= 15 is 0 Å². The van der Waals surface area contributed by atoms with Gasteiger partial charge in [-0.15, -0.1) is 0 Å². The van der Waals surface area contributed by atoms with Gasteiger partial charge in [-0.05, 0) is 43.4 Å². The Hall–Kier alpha value is -1.56. The molecule has 0 unspecified atom stereocenters. The molecule has 1 aromatic rings. The summed E-state index contributed by atoms with van der Waals surface area (Å²) >= 11 is 0. The molecule has 1 heterocycles. The van der Waals surface area contributed by atoms with Crippen LogP contribution in [0.15, 0.2) is 18.2 Å². The van der Waals surface area contributed by atoms with Crippen LogP contribution in [0, 0.1) is 17.3 Å². The van der Waals surface area contributed by atoms with E-state index in [1.165, 1.54) is 11.3 Å². The molecular formula is C16H17F2N. The Labute approximate surface area is 112 Å². The fraction of sp³-hybridized carbons (Fsp3) is 0.500. The maximum atomic E-state index is 12.9. The van der Waals surface area contributed by atoms with Crippen molar-refractivity contribution in [3.05, 3.63) is 29.3 Å². The fourth-order valence-corrected chi connectivity index (χ4v) is 2.65. The normalized spacial score (nSPS) is 19.7. The molecule has 0 saturated heterocycles. The quantitative estimate of drug-likeness (QED) is 0.700. The van der Waals surface area contributed by atoms with Crippen molar-refractivity contribution in [1.29, 1.82) is 0 Å². The van der Waals surface area contributed by atoms with E-state index in [-0.39, 0.29) is 0 Å². The van der Waals surface area contributed by atoms with Gasteiger partial charge in [0.15, 0.2) is 0 Å². The maximum absolute atomic E-state index is 12.9. The van der Waals surface area contributed by atoms with Gasteiger partial charge < -0.3 is 4.90 Å². The molecule has 1 saturated carbocycles. The molecule has 0 amide bonds. The summed E-state index contributed by atoms with van der Waals surface area (Å²) in [5.74, 6) is 5.85. The third kappa shape index (κ3) is 2.20. The molecule has 1 aliphatic heterocycles. The van der Waals surface area contributed by atoms with Crippen LogP contribution in [-0.4, -0.2) is 20.0 Å². The lowest BCUT2D eigenvalue weighted by molar-refractivity contribution is 0.0921. The van der Waals surface area contributed by atoms with Gasteiger partial charge >= 0.3 is 0 Å². The summed E-state index contributed by atoms with van der Waals surface area (Å²) in [7, 11) is 2.07. The summed E-state index contributed by atoms with van der Waals surface area (Å²) < 4.78 is 25.7. The minimum atomic E-state index is -2.32. The lowest BCUT2D eigenvalue weighted by Crippen LogP contribution is -2.25. The highest BCUT2D eigenvalue weighted by Gasteiger charge is 2.50. The molecule has 1 nitrogen and oxygen atoms in total. The third-order valence-corrected chi connectivity index (χ3v) is 4.14. The average molecular weight is 261 g/mol. The number of fused-ring (bicyclic) bond motifs is 1. The summed E-state index contributed by atoms with van der Waals surface area (Å²) in [6, 6.07) is 6.00. The van der Waals surface area contributed by atoms with Gasteiger partial charge in [-0.3, -0.25) is 0 Å². The van der Waals surface area contributed by atoms with E-state index in [1.807, 2.05) is 12.1 Å². The van der Waals surface area contributed by atoms with Gasteiger partial charge in [-0.1, -0.05) is 17.9 Å². The van der Waals surface area contributed by atoms with Gasteiger partial charge in [0, 0.05) is 24.8 Å². The molecular weight excluding hydrogens is 244 g/mol. The first-order valence-corrected chi connectivity index (χ1v) is 6.77. The summed E-state index contributed by atoms with van der Waals surface area (Å²) in [6.07, 6.45) is 0.843. The predicted molar refractivity (Wildman–Crippen MR) is 72.6 cm³/mol. The van der Waals surface area contributed by atoms with Crippen LogP contribution in [0.4, 0.5) is 14.5 Å². The van der Waals surface area contributed by atoms with Crippen molar-refractivity contribution < 1.29 is 8.78 Å². The van der Waals surface area contributed by atoms with E-state index in [1.54, 1.807) is 0 Å². The molecule has 3 rings (SSSR count). The Bertz CT molecular complexity index is 550. The second-order valence-electron chi connectivity index (χ2n) is 5.54. The maximum Gasteiger partial charge on any atom is 0.254 e. The Morgan fingerprint density at radius 2 is 2.11 bits per heavy atom. The van der Waals surface area contributed by atoms with Crippen LogP contribution in [0.25, 0.3) is 0 Å². The Morgan fingerprint density at radius 3 is 2.79 bits per heavy atom. The molecule has 19 heavy (non-hydrogen) atoms. The molecule has 1 aromatic carbocycles. The molecule has 0 N–H and O–H groups in total. The molecule has 1 aliphatic carbocycles.